The first-order valence-corrected chi connectivity index (χ1v) is 11.2. The Morgan fingerprint density at radius 2 is 1.00 bits per heavy atom. The van der Waals surface area contributed by atoms with Gasteiger partial charge in [-0.05, 0) is 60.7 Å². The van der Waals surface area contributed by atoms with Gasteiger partial charge in [-0.2, -0.15) is 0 Å². The summed E-state index contributed by atoms with van der Waals surface area (Å²) < 4.78 is 12.0. The highest BCUT2D eigenvalue weighted by Crippen LogP contribution is 2.34. The summed E-state index contributed by atoms with van der Waals surface area (Å²) in [6.07, 6.45) is 0. The molecule has 0 spiro atoms. The van der Waals surface area contributed by atoms with Gasteiger partial charge >= 0.3 is 0 Å². The van der Waals surface area contributed by atoms with Gasteiger partial charge in [0.15, 0.2) is 13.5 Å². The highest BCUT2D eigenvalue weighted by molar-refractivity contribution is 5.65. The van der Waals surface area contributed by atoms with Crippen LogP contribution < -0.4 is 24.6 Å². The van der Waals surface area contributed by atoms with Crippen LogP contribution in [0, 0.1) is 0 Å². The van der Waals surface area contributed by atoms with Crippen LogP contribution >= 0.6 is 0 Å². The zero-order valence-corrected chi connectivity index (χ0v) is 18.3. The normalized spacial score (nSPS) is 14.5. The highest BCUT2D eigenvalue weighted by atomic mass is 16.5. The minimum absolute atomic E-state index is 0.562. The lowest BCUT2D eigenvalue weighted by Crippen LogP contribution is -2.31. The van der Waals surface area contributed by atoms with Crippen molar-refractivity contribution in [1.82, 2.24) is 0 Å². The number of nitrogens with one attached hydrogen (secondary N) is 1. The fraction of sp³-hybridized carbons (Fsp3) is 0.143. The van der Waals surface area contributed by atoms with E-state index in [0.29, 0.717) is 13.5 Å². The molecule has 1 N–H and O–H groups in total. The number of rotatable bonds is 4. The van der Waals surface area contributed by atoms with Crippen LogP contribution in [-0.4, -0.2) is 13.5 Å². The van der Waals surface area contributed by atoms with Crippen molar-refractivity contribution in [3.8, 4) is 11.5 Å². The van der Waals surface area contributed by atoms with Crippen LogP contribution in [-0.2, 0) is 13.1 Å². The Bertz CT molecular complexity index is 1160. The summed E-state index contributed by atoms with van der Waals surface area (Å²) in [7, 11) is 0. The average Bonchev–Trinajstić information content (AvgIpc) is 2.89. The molecule has 6 rings (SSSR count). The van der Waals surface area contributed by atoms with Gasteiger partial charge in [0.2, 0.25) is 0 Å². The third-order valence-corrected chi connectivity index (χ3v) is 6.13. The van der Waals surface area contributed by atoms with Gasteiger partial charge in [0, 0.05) is 47.0 Å². The number of hydrogen-bond donors (Lipinski definition) is 1. The van der Waals surface area contributed by atoms with Crippen LogP contribution in [0.5, 0.6) is 11.5 Å². The van der Waals surface area contributed by atoms with Crippen molar-refractivity contribution < 1.29 is 9.47 Å². The third kappa shape index (κ3) is 4.05. The van der Waals surface area contributed by atoms with Crippen LogP contribution in [0.1, 0.15) is 11.1 Å². The molecule has 164 valence electrons. The second-order valence-electron chi connectivity index (χ2n) is 8.38. The highest BCUT2D eigenvalue weighted by Gasteiger charge is 2.20. The molecule has 4 aromatic carbocycles. The Balaban J connectivity index is 1.20. The van der Waals surface area contributed by atoms with Crippen molar-refractivity contribution in [2.75, 3.05) is 28.6 Å². The summed E-state index contributed by atoms with van der Waals surface area (Å²) in [6, 6.07) is 33.4. The molecule has 5 nitrogen and oxygen atoms in total. The standard InChI is InChI=1S/C28H25N3O2/c1-3-7-25(8-4-1)30-17-21-15-23(11-13-27(21)32-19-30)29-24-12-14-28-22(16-24)18-31(20-33-28)26-9-5-2-6-10-26/h1-16,29H,17-20H2. The molecule has 0 aromatic heterocycles. The van der Waals surface area contributed by atoms with Crippen molar-refractivity contribution in [1.29, 1.82) is 0 Å². The fourth-order valence-corrected chi connectivity index (χ4v) is 4.42. The Kier molecular flexibility index (Phi) is 5.00. The van der Waals surface area contributed by atoms with Crippen LogP contribution in [0.2, 0.25) is 0 Å². The van der Waals surface area contributed by atoms with Gasteiger partial charge < -0.3 is 24.6 Å². The van der Waals surface area contributed by atoms with Crippen molar-refractivity contribution in [2.45, 2.75) is 13.1 Å². The first-order chi connectivity index (χ1) is 16.3. The maximum absolute atomic E-state index is 6.00. The summed E-state index contributed by atoms with van der Waals surface area (Å²) in [5.74, 6) is 1.90. The van der Waals surface area contributed by atoms with Crippen LogP contribution in [0.3, 0.4) is 0 Å². The molecule has 2 aliphatic rings. The molecule has 4 aromatic rings. The Labute approximate surface area is 193 Å². The van der Waals surface area contributed by atoms with Gasteiger partial charge in [0.25, 0.3) is 0 Å². The molecule has 2 aliphatic heterocycles. The van der Waals surface area contributed by atoms with Crippen LogP contribution in [0.15, 0.2) is 97.1 Å². The SMILES string of the molecule is c1ccc(N2COc3ccc(Nc4ccc5c(c4)CN(c4ccccc4)CO5)cc3C2)cc1. The van der Waals surface area contributed by atoms with Gasteiger partial charge in [-0.3, -0.25) is 0 Å². The Morgan fingerprint density at radius 1 is 0.545 bits per heavy atom. The van der Waals surface area contributed by atoms with Crippen molar-refractivity contribution in [2.24, 2.45) is 0 Å². The molecule has 5 heteroatoms. The lowest BCUT2D eigenvalue weighted by Gasteiger charge is -2.31. The van der Waals surface area contributed by atoms with Gasteiger partial charge in [-0.25, -0.2) is 0 Å². The molecule has 2 heterocycles. The van der Waals surface area contributed by atoms with E-state index in [-0.39, 0.29) is 0 Å². The Morgan fingerprint density at radius 3 is 1.45 bits per heavy atom. The summed E-state index contributed by atoms with van der Waals surface area (Å²) in [5.41, 5.74) is 6.77. The van der Waals surface area contributed by atoms with E-state index in [0.717, 1.165) is 36.0 Å². The van der Waals surface area contributed by atoms with Gasteiger partial charge in [0.05, 0.1) is 0 Å². The molecule has 0 amide bonds. The maximum atomic E-state index is 6.00. The molecule has 0 atom stereocenters. The molecule has 0 bridgehead atoms. The fourth-order valence-electron chi connectivity index (χ4n) is 4.42. The lowest BCUT2D eigenvalue weighted by atomic mass is 10.1. The molecule has 33 heavy (non-hydrogen) atoms. The van der Waals surface area contributed by atoms with E-state index >= 15 is 0 Å². The van der Waals surface area contributed by atoms with Gasteiger partial charge in [-0.1, -0.05) is 36.4 Å². The Hall–Kier alpha value is -4.12. The van der Waals surface area contributed by atoms with Crippen molar-refractivity contribution in [3.63, 3.8) is 0 Å². The molecule has 0 saturated heterocycles. The zero-order valence-electron chi connectivity index (χ0n) is 18.3. The quantitative estimate of drug-likeness (QED) is 0.417. The summed E-state index contributed by atoms with van der Waals surface area (Å²) in [5, 5.41) is 3.57. The molecule has 0 fully saturated rings. The van der Waals surface area contributed by atoms with E-state index in [1.165, 1.54) is 22.5 Å². The average molecular weight is 436 g/mol. The van der Waals surface area contributed by atoms with Gasteiger partial charge in [-0.15, -0.1) is 0 Å². The third-order valence-electron chi connectivity index (χ3n) is 6.13. The predicted molar refractivity (Wildman–Crippen MR) is 132 cm³/mol. The molecule has 0 aliphatic carbocycles. The first kappa shape index (κ1) is 19.6. The lowest BCUT2D eigenvalue weighted by molar-refractivity contribution is 0.289. The number of fused-ring (bicyclic) bond motifs is 2. The summed E-state index contributed by atoms with van der Waals surface area (Å²) in [6.45, 7) is 2.76. The van der Waals surface area contributed by atoms with E-state index in [9.17, 15) is 0 Å². The number of benzene rings is 4. The van der Waals surface area contributed by atoms with Crippen LogP contribution in [0.25, 0.3) is 0 Å². The molecular weight excluding hydrogens is 410 g/mol. The number of hydrogen-bond acceptors (Lipinski definition) is 5. The summed E-state index contributed by atoms with van der Waals surface area (Å²) >= 11 is 0. The zero-order chi connectivity index (χ0) is 22.0. The van der Waals surface area contributed by atoms with E-state index in [1.807, 2.05) is 12.1 Å². The van der Waals surface area contributed by atoms with Gasteiger partial charge in [0.1, 0.15) is 11.5 Å². The predicted octanol–water partition coefficient (Wildman–Crippen LogP) is 6.14. The largest absolute Gasteiger partial charge is 0.473 e. The molecule has 0 radical (unpaired) electrons. The monoisotopic (exact) mass is 435 g/mol. The number of nitrogens with zero attached hydrogens (tertiary/aromatic N) is 2. The molecular formula is C28H25N3O2. The van der Waals surface area contributed by atoms with E-state index in [4.69, 9.17) is 9.47 Å². The van der Waals surface area contributed by atoms with Crippen LogP contribution in [0.4, 0.5) is 22.7 Å². The first-order valence-electron chi connectivity index (χ1n) is 11.2. The van der Waals surface area contributed by atoms with Crippen molar-refractivity contribution in [3.05, 3.63) is 108 Å². The van der Waals surface area contributed by atoms with Crippen molar-refractivity contribution >= 4 is 22.7 Å². The summed E-state index contributed by atoms with van der Waals surface area (Å²) in [4.78, 5) is 4.47. The second kappa shape index (κ2) is 8.43. The van der Waals surface area contributed by atoms with E-state index < -0.39 is 0 Å². The number of anilines is 4. The molecule has 0 saturated carbocycles. The smallest absolute Gasteiger partial charge is 0.161 e. The minimum Gasteiger partial charge on any atom is -0.473 e. The van der Waals surface area contributed by atoms with E-state index in [1.54, 1.807) is 0 Å². The number of para-hydroxylation sites is 2. The molecule has 0 unspecified atom stereocenters. The topological polar surface area (TPSA) is 37.0 Å². The number of ether oxygens (including phenoxy) is 2. The second-order valence-corrected chi connectivity index (χ2v) is 8.38. The minimum atomic E-state index is 0.562. The van der Waals surface area contributed by atoms with E-state index in [2.05, 4.69) is 100 Å². The maximum Gasteiger partial charge on any atom is 0.161 e.